The van der Waals surface area contributed by atoms with E-state index in [2.05, 4.69) is 9.97 Å². The van der Waals surface area contributed by atoms with E-state index < -0.39 is 0 Å². The molecule has 6 heteroatoms. The first-order valence-corrected chi connectivity index (χ1v) is 6.20. The Balaban J connectivity index is 2.17. The number of amides is 1. The maximum absolute atomic E-state index is 12.3. The lowest BCUT2D eigenvalue weighted by Crippen LogP contribution is -2.27. The summed E-state index contributed by atoms with van der Waals surface area (Å²) in [4.78, 5) is 22.1. The Kier molecular flexibility index (Phi) is 3.85. The number of rotatable bonds is 3. The van der Waals surface area contributed by atoms with E-state index in [1.807, 2.05) is 24.7 Å². The number of aryl methyl sites for hydroxylation is 2. The van der Waals surface area contributed by atoms with Crippen LogP contribution >= 0.6 is 11.6 Å². The van der Waals surface area contributed by atoms with Gasteiger partial charge in [-0.3, -0.25) is 9.78 Å². The molecule has 2 aromatic heterocycles. The Bertz CT molecular complexity index is 608. The van der Waals surface area contributed by atoms with Gasteiger partial charge in [-0.2, -0.15) is 0 Å². The zero-order valence-corrected chi connectivity index (χ0v) is 11.8. The summed E-state index contributed by atoms with van der Waals surface area (Å²) < 4.78 is 1.87. The van der Waals surface area contributed by atoms with Crippen molar-refractivity contribution in [2.75, 3.05) is 7.05 Å². The van der Waals surface area contributed by atoms with Gasteiger partial charge in [0.15, 0.2) is 0 Å². The molecule has 19 heavy (non-hydrogen) atoms. The predicted octanol–water partition coefficient (Wildman–Crippen LogP) is 2.05. The first-order valence-electron chi connectivity index (χ1n) is 5.83. The highest BCUT2D eigenvalue weighted by atomic mass is 35.5. The zero-order chi connectivity index (χ0) is 14.0. The third-order valence-corrected chi connectivity index (χ3v) is 3.18. The summed E-state index contributed by atoms with van der Waals surface area (Å²) in [7, 11) is 3.61. The molecule has 0 spiro atoms. The fraction of sp³-hybridized carbons (Fsp3) is 0.308. The second-order valence-corrected chi connectivity index (χ2v) is 4.83. The number of carbonyl (C=O) groups is 1. The molecule has 0 bridgehead atoms. The van der Waals surface area contributed by atoms with Crippen LogP contribution in [0.4, 0.5) is 0 Å². The Morgan fingerprint density at radius 1 is 1.47 bits per heavy atom. The molecule has 2 rings (SSSR count). The lowest BCUT2D eigenvalue weighted by molar-refractivity contribution is 0.0780. The molecule has 0 N–H and O–H groups in total. The number of carbonyl (C=O) groups excluding carboxylic acids is 1. The van der Waals surface area contributed by atoms with E-state index in [0.29, 0.717) is 17.1 Å². The van der Waals surface area contributed by atoms with Gasteiger partial charge in [0, 0.05) is 38.4 Å². The second-order valence-electron chi connectivity index (χ2n) is 4.42. The number of halogens is 1. The van der Waals surface area contributed by atoms with Crippen molar-refractivity contribution in [2.45, 2.75) is 13.5 Å². The Morgan fingerprint density at radius 3 is 2.79 bits per heavy atom. The average Bonchev–Trinajstić information content (AvgIpc) is 2.74. The molecule has 0 aliphatic carbocycles. The van der Waals surface area contributed by atoms with E-state index in [-0.39, 0.29) is 5.91 Å². The molecule has 100 valence electrons. The molecule has 1 amide bonds. The highest BCUT2D eigenvalue weighted by Gasteiger charge is 2.17. The molecular weight excluding hydrogens is 264 g/mol. The normalized spacial score (nSPS) is 10.5. The monoisotopic (exact) mass is 278 g/mol. The minimum absolute atomic E-state index is 0.166. The van der Waals surface area contributed by atoms with Gasteiger partial charge >= 0.3 is 0 Å². The molecule has 0 radical (unpaired) electrons. The molecule has 2 heterocycles. The fourth-order valence-corrected chi connectivity index (χ4v) is 2.01. The standard InChI is InChI=1S/C13H15ClN4O/c1-9-6-11(14)10(7-16-9)13(19)18(3)8-12-15-4-5-17(12)2/h4-7H,8H2,1-3H3. The predicted molar refractivity (Wildman–Crippen MR) is 73.0 cm³/mol. The van der Waals surface area contributed by atoms with Gasteiger partial charge in [0.1, 0.15) is 5.82 Å². The quantitative estimate of drug-likeness (QED) is 0.863. The smallest absolute Gasteiger partial charge is 0.257 e. The van der Waals surface area contributed by atoms with E-state index in [4.69, 9.17) is 11.6 Å². The van der Waals surface area contributed by atoms with Gasteiger partial charge < -0.3 is 9.47 Å². The molecule has 0 atom stereocenters. The van der Waals surface area contributed by atoms with Crippen LogP contribution in [0.3, 0.4) is 0 Å². The van der Waals surface area contributed by atoms with E-state index in [0.717, 1.165) is 11.5 Å². The van der Waals surface area contributed by atoms with Crippen LogP contribution in [0.25, 0.3) is 0 Å². The van der Waals surface area contributed by atoms with Gasteiger partial charge in [-0.05, 0) is 13.0 Å². The van der Waals surface area contributed by atoms with Crippen molar-refractivity contribution in [1.29, 1.82) is 0 Å². The van der Waals surface area contributed by atoms with Crippen molar-refractivity contribution in [3.63, 3.8) is 0 Å². The highest BCUT2D eigenvalue weighted by Crippen LogP contribution is 2.17. The molecule has 0 aliphatic rings. The zero-order valence-electron chi connectivity index (χ0n) is 11.1. The summed E-state index contributed by atoms with van der Waals surface area (Å²) in [6.45, 7) is 2.25. The van der Waals surface area contributed by atoms with Gasteiger partial charge in [-0.15, -0.1) is 0 Å². The van der Waals surface area contributed by atoms with Crippen molar-refractivity contribution < 1.29 is 4.79 Å². The molecule has 0 aliphatic heterocycles. The lowest BCUT2D eigenvalue weighted by Gasteiger charge is -2.17. The number of hydrogen-bond donors (Lipinski definition) is 0. The third-order valence-electron chi connectivity index (χ3n) is 2.87. The van der Waals surface area contributed by atoms with Crippen LogP contribution in [0, 0.1) is 6.92 Å². The number of aromatic nitrogens is 3. The summed E-state index contributed by atoms with van der Waals surface area (Å²) >= 11 is 6.07. The van der Waals surface area contributed by atoms with Crippen molar-refractivity contribution in [2.24, 2.45) is 7.05 Å². The maximum Gasteiger partial charge on any atom is 0.257 e. The van der Waals surface area contributed by atoms with Crippen molar-refractivity contribution >= 4 is 17.5 Å². The van der Waals surface area contributed by atoms with Gasteiger partial charge in [0.2, 0.25) is 0 Å². The molecule has 2 aromatic rings. The molecule has 0 unspecified atom stereocenters. The molecule has 0 saturated carbocycles. The largest absolute Gasteiger partial charge is 0.337 e. The molecular formula is C13H15ClN4O. The Morgan fingerprint density at radius 2 is 2.21 bits per heavy atom. The van der Waals surface area contributed by atoms with Crippen LogP contribution in [0.1, 0.15) is 21.9 Å². The van der Waals surface area contributed by atoms with Crippen LogP contribution in [-0.2, 0) is 13.6 Å². The third kappa shape index (κ3) is 2.93. The molecule has 0 saturated heterocycles. The number of imidazole rings is 1. The van der Waals surface area contributed by atoms with Crippen LogP contribution in [0.15, 0.2) is 24.7 Å². The van der Waals surface area contributed by atoms with Crippen LogP contribution in [0.2, 0.25) is 5.02 Å². The van der Waals surface area contributed by atoms with Crippen LogP contribution in [0.5, 0.6) is 0 Å². The van der Waals surface area contributed by atoms with Gasteiger partial charge in [0.25, 0.3) is 5.91 Å². The van der Waals surface area contributed by atoms with E-state index in [9.17, 15) is 4.79 Å². The summed E-state index contributed by atoms with van der Waals surface area (Å²) in [5.74, 6) is 0.646. The minimum atomic E-state index is -0.166. The minimum Gasteiger partial charge on any atom is -0.337 e. The van der Waals surface area contributed by atoms with E-state index >= 15 is 0 Å². The fourth-order valence-electron chi connectivity index (χ4n) is 1.72. The van der Waals surface area contributed by atoms with Crippen LogP contribution in [-0.4, -0.2) is 32.4 Å². The van der Waals surface area contributed by atoms with Crippen molar-refractivity contribution in [3.05, 3.63) is 46.8 Å². The lowest BCUT2D eigenvalue weighted by atomic mass is 10.2. The van der Waals surface area contributed by atoms with Crippen LogP contribution < -0.4 is 0 Å². The summed E-state index contributed by atoms with van der Waals surface area (Å²) in [6, 6.07) is 1.68. The van der Waals surface area contributed by atoms with Gasteiger partial charge in [-0.1, -0.05) is 11.6 Å². The van der Waals surface area contributed by atoms with Gasteiger partial charge in [-0.25, -0.2) is 4.98 Å². The number of nitrogens with zero attached hydrogens (tertiary/aromatic N) is 4. The van der Waals surface area contributed by atoms with Gasteiger partial charge in [0.05, 0.1) is 17.1 Å². The Labute approximate surface area is 116 Å². The summed E-state index contributed by atoms with van der Waals surface area (Å²) in [6.07, 6.45) is 5.05. The highest BCUT2D eigenvalue weighted by molar-refractivity contribution is 6.33. The van der Waals surface area contributed by atoms with E-state index in [1.54, 1.807) is 24.2 Å². The molecule has 0 aromatic carbocycles. The number of hydrogen-bond acceptors (Lipinski definition) is 3. The van der Waals surface area contributed by atoms with Crippen molar-refractivity contribution in [1.82, 2.24) is 19.4 Å². The SMILES string of the molecule is Cc1cc(Cl)c(C(=O)N(C)Cc2nccn2C)cn1. The average molecular weight is 279 g/mol. The topological polar surface area (TPSA) is 51.0 Å². The first kappa shape index (κ1) is 13.5. The summed E-state index contributed by atoms with van der Waals surface area (Å²) in [5.41, 5.74) is 1.19. The number of pyridine rings is 1. The van der Waals surface area contributed by atoms with Crippen molar-refractivity contribution in [3.8, 4) is 0 Å². The Hall–Kier alpha value is -1.88. The maximum atomic E-state index is 12.3. The first-order chi connectivity index (χ1) is 8.99. The second kappa shape index (κ2) is 5.40. The summed E-state index contributed by atoms with van der Waals surface area (Å²) in [5, 5.41) is 0.421. The molecule has 5 nitrogen and oxygen atoms in total. The van der Waals surface area contributed by atoms with E-state index in [1.165, 1.54) is 6.20 Å². The molecule has 0 fully saturated rings.